The van der Waals surface area contributed by atoms with Gasteiger partial charge in [-0.1, -0.05) is 29.8 Å². The van der Waals surface area contributed by atoms with Crippen LogP contribution in [0.25, 0.3) is 6.08 Å². The minimum atomic E-state index is -0.443. The van der Waals surface area contributed by atoms with Gasteiger partial charge in [-0.25, -0.2) is 0 Å². The number of carbonyl (C=O) groups is 2. The Morgan fingerprint density at radius 1 is 1.06 bits per heavy atom. The molecular formula is C23H23BrN2O4S. The van der Waals surface area contributed by atoms with Crippen molar-refractivity contribution in [3.8, 4) is 11.5 Å². The van der Waals surface area contributed by atoms with Crippen molar-refractivity contribution < 1.29 is 19.1 Å². The molecule has 8 heteroatoms. The van der Waals surface area contributed by atoms with Crippen LogP contribution in [0.2, 0.25) is 0 Å². The Hall–Kier alpha value is -2.71. The zero-order chi connectivity index (χ0) is 22.7. The van der Waals surface area contributed by atoms with Crippen LogP contribution in [0.15, 0.2) is 46.4 Å². The minimum Gasteiger partial charge on any atom is -0.490 e. The highest BCUT2D eigenvalue weighted by atomic mass is 79.9. The van der Waals surface area contributed by atoms with Crippen LogP contribution in [0.1, 0.15) is 23.6 Å². The van der Waals surface area contributed by atoms with Crippen molar-refractivity contribution in [2.24, 2.45) is 0 Å². The van der Waals surface area contributed by atoms with Gasteiger partial charge in [-0.2, -0.15) is 0 Å². The number of amides is 2. The molecule has 2 aromatic carbocycles. The van der Waals surface area contributed by atoms with Crippen LogP contribution in [0.3, 0.4) is 0 Å². The second kappa shape index (κ2) is 9.62. The summed E-state index contributed by atoms with van der Waals surface area (Å²) in [6.45, 7) is 4.72. The number of ether oxygens (including phenoxy) is 2. The lowest BCUT2D eigenvalue weighted by Gasteiger charge is -2.31. The number of thiocarbonyl (C=S) groups is 1. The predicted octanol–water partition coefficient (Wildman–Crippen LogP) is 4.33. The molecular weight excluding hydrogens is 480 g/mol. The van der Waals surface area contributed by atoms with Crippen molar-refractivity contribution in [3.63, 3.8) is 0 Å². The Morgan fingerprint density at radius 2 is 1.74 bits per heavy atom. The molecule has 0 atom stereocenters. The Kier molecular flexibility index (Phi) is 7.12. The summed E-state index contributed by atoms with van der Waals surface area (Å²) in [6, 6.07) is 11.6. The molecule has 0 bridgehead atoms. The van der Waals surface area contributed by atoms with Gasteiger partial charge in [0.2, 0.25) is 0 Å². The van der Waals surface area contributed by atoms with Crippen molar-refractivity contribution in [2.45, 2.75) is 20.5 Å². The molecule has 0 N–H and O–H groups in total. The van der Waals surface area contributed by atoms with E-state index < -0.39 is 11.8 Å². The molecule has 0 aromatic heterocycles. The Labute approximate surface area is 195 Å². The smallest absolute Gasteiger partial charge is 0.265 e. The zero-order valence-electron chi connectivity index (χ0n) is 17.8. The first-order valence-corrected chi connectivity index (χ1v) is 10.9. The summed E-state index contributed by atoms with van der Waals surface area (Å²) in [7, 11) is 3.09. The molecule has 2 aromatic rings. The Bertz CT molecular complexity index is 1060. The maximum atomic E-state index is 12.6. The quantitative estimate of drug-likeness (QED) is 0.334. The van der Waals surface area contributed by atoms with Crippen LogP contribution < -0.4 is 9.47 Å². The van der Waals surface area contributed by atoms with Crippen LogP contribution in [-0.4, -0.2) is 47.4 Å². The van der Waals surface area contributed by atoms with E-state index in [9.17, 15) is 9.59 Å². The normalized spacial score (nSPS) is 14.2. The van der Waals surface area contributed by atoms with Crippen molar-refractivity contribution in [1.82, 2.24) is 9.80 Å². The molecule has 0 saturated carbocycles. The lowest BCUT2D eigenvalue weighted by atomic mass is 10.1. The van der Waals surface area contributed by atoms with E-state index in [1.165, 1.54) is 15.9 Å². The number of aryl methyl sites for hydroxylation is 1. The van der Waals surface area contributed by atoms with Gasteiger partial charge in [-0.3, -0.25) is 19.4 Å². The second-order valence-corrected chi connectivity index (χ2v) is 8.33. The Morgan fingerprint density at radius 3 is 2.35 bits per heavy atom. The van der Waals surface area contributed by atoms with E-state index in [1.54, 1.807) is 26.2 Å². The van der Waals surface area contributed by atoms with Gasteiger partial charge in [0.25, 0.3) is 11.8 Å². The van der Waals surface area contributed by atoms with Gasteiger partial charge in [-0.15, -0.1) is 0 Å². The highest BCUT2D eigenvalue weighted by Crippen LogP contribution is 2.38. The fourth-order valence-electron chi connectivity index (χ4n) is 3.17. The lowest BCUT2D eigenvalue weighted by Crippen LogP contribution is -2.52. The van der Waals surface area contributed by atoms with Crippen LogP contribution in [0.4, 0.5) is 0 Å². The number of nitrogens with zero attached hydrogens (tertiary/aromatic N) is 2. The molecule has 0 spiro atoms. The van der Waals surface area contributed by atoms with Crippen LogP contribution >= 0.6 is 28.1 Å². The van der Waals surface area contributed by atoms with E-state index in [0.717, 1.165) is 11.1 Å². The monoisotopic (exact) mass is 502 g/mol. The summed E-state index contributed by atoms with van der Waals surface area (Å²) in [6.07, 6.45) is 1.54. The van der Waals surface area contributed by atoms with E-state index in [1.807, 2.05) is 32.0 Å². The molecule has 1 heterocycles. The van der Waals surface area contributed by atoms with E-state index in [0.29, 0.717) is 34.7 Å². The van der Waals surface area contributed by atoms with Gasteiger partial charge in [0, 0.05) is 14.1 Å². The summed E-state index contributed by atoms with van der Waals surface area (Å²) >= 11 is 8.67. The molecule has 6 nitrogen and oxygen atoms in total. The Balaban J connectivity index is 1.94. The number of likely N-dealkylation sites (N-methyl/N-ethyl adjacent to an activating group) is 2. The average molecular weight is 503 g/mol. The molecule has 162 valence electrons. The number of rotatable bonds is 6. The fraction of sp³-hybridized carbons (Fsp3) is 0.261. The SMILES string of the molecule is CCOc1cc(C=C2C(=O)N(C)C(=S)N(C)C2=O)cc(Br)c1OCc1cccc(C)c1. The first-order valence-electron chi connectivity index (χ1n) is 9.69. The van der Waals surface area contributed by atoms with Crippen molar-refractivity contribution in [2.75, 3.05) is 20.7 Å². The topological polar surface area (TPSA) is 59.1 Å². The first-order chi connectivity index (χ1) is 14.7. The second-order valence-electron chi connectivity index (χ2n) is 7.11. The first kappa shape index (κ1) is 23.0. The van der Waals surface area contributed by atoms with Crippen molar-refractivity contribution in [3.05, 3.63) is 63.1 Å². The van der Waals surface area contributed by atoms with Gasteiger partial charge in [0.1, 0.15) is 12.2 Å². The number of hydrogen-bond donors (Lipinski definition) is 0. The molecule has 3 rings (SSSR count). The third kappa shape index (κ3) is 4.97. The molecule has 1 aliphatic heterocycles. The largest absolute Gasteiger partial charge is 0.490 e. The molecule has 0 radical (unpaired) electrons. The maximum Gasteiger partial charge on any atom is 0.265 e. The number of benzene rings is 2. The summed E-state index contributed by atoms with van der Waals surface area (Å²) in [4.78, 5) is 27.8. The maximum absolute atomic E-state index is 12.6. The van der Waals surface area contributed by atoms with Gasteiger partial charge in [-0.05, 0) is 71.3 Å². The lowest BCUT2D eigenvalue weighted by molar-refractivity contribution is -0.132. The van der Waals surface area contributed by atoms with Gasteiger partial charge >= 0.3 is 0 Å². The van der Waals surface area contributed by atoms with E-state index >= 15 is 0 Å². The number of halogens is 1. The molecule has 0 aliphatic carbocycles. The van der Waals surface area contributed by atoms with E-state index in [-0.39, 0.29) is 10.7 Å². The highest BCUT2D eigenvalue weighted by molar-refractivity contribution is 9.10. The minimum absolute atomic E-state index is 0.0291. The predicted molar refractivity (Wildman–Crippen MR) is 127 cm³/mol. The summed E-state index contributed by atoms with van der Waals surface area (Å²) in [5.74, 6) is 0.190. The van der Waals surface area contributed by atoms with Gasteiger partial charge in [0.15, 0.2) is 16.6 Å². The van der Waals surface area contributed by atoms with Crippen molar-refractivity contribution in [1.29, 1.82) is 0 Å². The van der Waals surface area contributed by atoms with E-state index in [2.05, 4.69) is 22.0 Å². The third-order valence-electron chi connectivity index (χ3n) is 4.75. The fourth-order valence-corrected chi connectivity index (χ4v) is 3.91. The average Bonchev–Trinajstić information content (AvgIpc) is 2.73. The highest BCUT2D eigenvalue weighted by Gasteiger charge is 2.35. The van der Waals surface area contributed by atoms with E-state index in [4.69, 9.17) is 21.7 Å². The number of carbonyl (C=O) groups excluding carboxylic acids is 2. The van der Waals surface area contributed by atoms with Crippen LogP contribution in [-0.2, 0) is 16.2 Å². The number of hydrogen-bond acceptors (Lipinski definition) is 5. The van der Waals surface area contributed by atoms with Crippen molar-refractivity contribution >= 4 is 51.2 Å². The molecule has 31 heavy (non-hydrogen) atoms. The molecule has 1 fully saturated rings. The standard InChI is InChI=1S/C23H23BrN2O4S/c1-5-29-19-12-16(10-17-21(27)25(3)23(31)26(4)22(17)28)11-18(24)20(19)30-13-15-8-6-7-14(2)9-15/h6-12H,5,13H2,1-4H3. The summed E-state index contributed by atoms with van der Waals surface area (Å²) in [5, 5.41) is 0.170. The summed E-state index contributed by atoms with van der Waals surface area (Å²) in [5.41, 5.74) is 2.86. The van der Waals surface area contributed by atoms with Crippen LogP contribution in [0, 0.1) is 6.92 Å². The molecule has 0 unspecified atom stereocenters. The molecule has 1 aliphatic rings. The molecule has 1 saturated heterocycles. The van der Waals surface area contributed by atoms with Crippen LogP contribution in [0.5, 0.6) is 11.5 Å². The third-order valence-corrected chi connectivity index (χ3v) is 5.89. The molecule has 2 amide bonds. The van der Waals surface area contributed by atoms with Gasteiger partial charge in [0.05, 0.1) is 11.1 Å². The summed E-state index contributed by atoms with van der Waals surface area (Å²) < 4.78 is 12.5. The van der Waals surface area contributed by atoms with Gasteiger partial charge < -0.3 is 9.47 Å². The zero-order valence-corrected chi connectivity index (χ0v) is 20.2.